The lowest BCUT2D eigenvalue weighted by molar-refractivity contribution is 0.365. The Morgan fingerprint density at radius 3 is 2.16 bits per heavy atom. The maximum absolute atomic E-state index is 3.72. The summed E-state index contributed by atoms with van der Waals surface area (Å²) < 4.78 is 0. The van der Waals surface area contributed by atoms with Crippen molar-refractivity contribution in [3.63, 3.8) is 0 Å². The summed E-state index contributed by atoms with van der Waals surface area (Å²) in [6.45, 7) is 5.70. The third kappa shape index (κ3) is 8.68. The molecule has 0 heterocycles. The van der Waals surface area contributed by atoms with Crippen molar-refractivity contribution in [2.24, 2.45) is 5.92 Å². The van der Waals surface area contributed by atoms with Crippen LogP contribution >= 0.6 is 0 Å². The Balaban J connectivity index is 2.01. The van der Waals surface area contributed by atoms with E-state index in [1.165, 1.54) is 83.5 Å². The molecule has 1 heteroatoms. The van der Waals surface area contributed by atoms with Gasteiger partial charge >= 0.3 is 0 Å². The van der Waals surface area contributed by atoms with Crippen molar-refractivity contribution in [2.75, 3.05) is 6.54 Å². The molecule has 0 aliphatic heterocycles. The van der Waals surface area contributed by atoms with E-state index in [-0.39, 0.29) is 0 Å². The molecule has 0 spiro atoms. The molecule has 19 heavy (non-hydrogen) atoms. The Morgan fingerprint density at radius 2 is 1.53 bits per heavy atom. The molecule has 0 bridgehead atoms. The molecule has 0 aromatic heterocycles. The predicted molar refractivity (Wildman–Crippen MR) is 86.6 cm³/mol. The minimum absolute atomic E-state index is 0.809. The normalized spacial score (nSPS) is 18.0. The Labute approximate surface area is 121 Å². The summed E-state index contributed by atoms with van der Waals surface area (Å²) in [6.07, 6.45) is 18.9. The van der Waals surface area contributed by atoms with Crippen molar-refractivity contribution >= 4 is 0 Å². The van der Waals surface area contributed by atoms with E-state index in [9.17, 15) is 0 Å². The summed E-state index contributed by atoms with van der Waals surface area (Å²) in [5, 5.41) is 3.72. The average Bonchev–Trinajstić information content (AvgIpc) is 2.91. The molecule has 0 saturated heterocycles. The van der Waals surface area contributed by atoms with Crippen LogP contribution in [-0.2, 0) is 0 Å². The van der Waals surface area contributed by atoms with Crippen molar-refractivity contribution < 1.29 is 0 Å². The molecule has 1 N–H and O–H groups in total. The topological polar surface area (TPSA) is 12.0 Å². The van der Waals surface area contributed by atoms with E-state index >= 15 is 0 Å². The minimum Gasteiger partial charge on any atom is -0.314 e. The first-order valence-corrected chi connectivity index (χ1v) is 9.10. The molecule has 0 aromatic rings. The number of unbranched alkanes of at least 4 members (excludes halogenated alkanes) is 6. The molecule has 1 aliphatic carbocycles. The maximum Gasteiger partial charge on any atom is 0.00695 e. The number of nitrogens with one attached hydrogen (secondary N) is 1. The molecule has 1 rings (SSSR count). The zero-order valence-electron chi connectivity index (χ0n) is 13.6. The van der Waals surface area contributed by atoms with E-state index in [0.29, 0.717) is 0 Å². The quantitative estimate of drug-likeness (QED) is 0.448. The Hall–Kier alpha value is -0.0400. The molecule has 1 atom stereocenters. The number of rotatable bonds is 12. The van der Waals surface area contributed by atoms with Crippen LogP contribution in [0.15, 0.2) is 0 Å². The third-order valence-corrected chi connectivity index (χ3v) is 4.74. The Kier molecular flexibility index (Phi) is 10.5. The van der Waals surface area contributed by atoms with Crippen LogP contribution in [0.4, 0.5) is 0 Å². The van der Waals surface area contributed by atoms with Gasteiger partial charge in [-0.2, -0.15) is 0 Å². The van der Waals surface area contributed by atoms with Crippen molar-refractivity contribution in [2.45, 2.75) is 103 Å². The van der Waals surface area contributed by atoms with Crippen LogP contribution in [0.5, 0.6) is 0 Å². The highest BCUT2D eigenvalue weighted by molar-refractivity contribution is 4.75. The molecular weight excluding hydrogens is 230 g/mol. The van der Waals surface area contributed by atoms with Crippen LogP contribution in [0.3, 0.4) is 0 Å². The van der Waals surface area contributed by atoms with Gasteiger partial charge in [0.1, 0.15) is 0 Å². The molecule has 1 saturated carbocycles. The first kappa shape index (κ1) is 17.0. The predicted octanol–water partition coefficient (Wildman–Crippen LogP) is 5.69. The summed E-state index contributed by atoms with van der Waals surface area (Å²) in [5.74, 6) is 1.04. The SMILES string of the molecule is CCCCCCCCCC(CC1CCCC1)NCC. The molecule has 1 aliphatic rings. The monoisotopic (exact) mass is 267 g/mol. The highest BCUT2D eigenvalue weighted by atomic mass is 14.9. The lowest BCUT2D eigenvalue weighted by atomic mass is 9.94. The first-order valence-electron chi connectivity index (χ1n) is 9.10. The standard InChI is InChI=1S/C18H37N/c1-3-5-6-7-8-9-10-15-18(19-4-2)16-17-13-11-12-14-17/h17-19H,3-16H2,1-2H3. The average molecular weight is 268 g/mol. The summed E-state index contributed by atoms with van der Waals surface area (Å²) >= 11 is 0. The highest BCUT2D eigenvalue weighted by Gasteiger charge is 2.19. The van der Waals surface area contributed by atoms with Gasteiger partial charge in [0.2, 0.25) is 0 Å². The van der Waals surface area contributed by atoms with Crippen LogP contribution < -0.4 is 5.32 Å². The fraction of sp³-hybridized carbons (Fsp3) is 1.00. The van der Waals surface area contributed by atoms with Crippen LogP contribution in [0.1, 0.15) is 97.3 Å². The van der Waals surface area contributed by atoms with Crippen molar-refractivity contribution in [1.82, 2.24) is 5.32 Å². The second-order valence-corrected chi connectivity index (χ2v) is 6.55. The van der Waals surface area contributed by atoms with Gasteiger partial charge in [0.05, 0.1) is 0 Å². The van der Waals surface area contributed by atoms with E-state index in [0.717, 1.165) is 18.5 Å². The van der Waals surface area contributed by atoms with Crippen molar-refractivity contribution in [3.05, 3.63) is 0 Å². The van der Waals surface area contributed by atoms with Crippen LogP contribution in [0, 0.1) is 5.92 Å². The molecule has 114 valence electrons. The molecule has 1 fully saturated rings. The number of hydrogen-bond acceptors (Lipinski definition) is 1. The lowest BCUT2D eigenvalue weighted by Gasteiger charge is -2.21. The molecule has 1 nitrogen and oxygen atoms in total. The molecule has 0 aromatic carbocycles. The van der Waals surface area contributed by atoms with Gasteiger partial charge in [0.25, 0.3) is 0 Å². The fourth-order valence-electron chi connectivity index (χ4n) is 3.59. The van der Waals surface area contributed by atoms with Gasteiger partial charge in [-0.1, -0.05) is 84.5 Å². The summed E-state index contributed by atoms with van der Waals surface area (Å²) in [4.78, 5) is 0. The molecule has 0 amide bonds. The van der Waals surface area contributed by atoms with E-state index in [2.05, 4.69) is 19.2 Å². The Bertz CT molecular complexity index is 184. The molecule has 1 unspecified atom stereocenters. The second kappa shape index (κ2) is 11.8. The smallest absolute Gasteiger partial charge is 0.00695 e. The third-order valence-electron chi connectivity index (χ3n) is 4.74. The van der Waals surface area contributed by atoms with E-state index in [1.807, 2.05) is 0 Å². The summed E-state index contributed by atoms with van der Waals surface area (Å²) in [7, 11) is 0. The van der Waals surface area contributed by atoms with Crippen LogP contribution in [0.25, 0.3) is 0 Å². The zero-order valence-corrected chi connectivity index (χ0v) is 13.6. The van der Waals surface area contributed by atoms with Gasteiger partial charge in [-0.15, -0.1) is 0 Å². The largest absolute Gasteiger partial charge is 0.314 e. The first-order chi connectivity index (χ1) is 9.36. The van der Waals surface area contributed by atoms with Gasteiger partial charge in [-0.3, -0.25) is 0 Å². The van der Waals surface area contributed by atoms with E-state index < -0.39 is 0 Å². The van der Waals surface area contributed by atoms with Gasteiger partial charge in [0, 0.05) is 6.04 Å². The van der Waals surface area contributed by atoms with E-state index in [1.54, 1.807) is 0 Å². The zero-order chi connectivity index (χ0) is 13.8. The Morgan fingerprint density at radius 1 is 0.895 bits per heavy atom. The molecular formula is C18H37N. The van der Waals surface area contributed by atoms with Crippen molar-refractivity contribution in [1.29, 1.82) is 0 Å². The number of hydrogen-bond donors (Lipinski definition) is 1. The van der Waals surface area contributed by atoms with E-state index in [4.69, 9.17) is 0 Å². The second-order valence-electron chi connectivity index (χ2n) is 6.55. The van der Waals surface area contributed by atoms with Crippen LogP contribution in [0.2, 0.25) is 0 Å². The van der Waals surface area contributed by atoms with Crippen LogP contribution in [-0.4, -0.2) is 12.6 Å². The van der Waals surface area contributed by atoms with Gasteiger partial charge in [-0.25, -0.2) is 0 Å². The van der Waals surface area contributed by atoms with Crippen molar-refractivity contribution in [3.8, 4) is 0 Å². The summed E-state index contributed by atoms with van der Waals surface area (Å²) in [5.41, 5.74) is 0. The fourth-order valence-corrected chi connectivity index (χ4v) is 3.59. The maximum atomic E-state index is 3.72. The summed E-state index contributed by atoms with van der Waals surface area (Å²) in [6, 6.07) is 0.809. The van der Waals surface area contributed by atoms with Gasteiger partial charge < -0.3 is 5.32 Å². The van der Waals surface area contributed by atoms with Gasteiger partial charge in [-0.05, 0) is 25.3 Å². The highest BCUT2D eigenvalue weighted by Crippen LogP contribution is 2.29. The lowest BCUT2D eigenvalue weighted by Crippen LogP contribution is -2.30. The molecule has 0 radical (unpaired) electrons. The van der Waals surface area contributed by atoms with Gasteiger partial charge in [0.15, 0.2) is 0 Å². The minimum atomic E-state index is 0.809.